The highest BCUT2D eigenvalue weighted by molar-refractivity contribution is 5.92. The molecule has 3 rings (SSSR count). The van der Waals surface area contributed by atoms with E-state index >= 15 is 0 Å². The van der Waals surface area contributed by atoms with Crippen LogP contribution in [0.2, 0.25) is 0 Å². The average molecular weight is 273 g/mol. The molecule has 2 aliphatic heterocycles. The normalized spacial score (nSPS) is 21.6. The van der Waals surface area contributed by atoms with Crippen molar-refractivity contribution in [3.05, 3.63) is 35.4 Å². The molecule has 108 valence electrons. The van der Waals surface area contributed by atoms with Gasteiger partial charge in [-0.15, -0.1) is 0 Å². The van der Waals surface area contributed by atoms with Crippen molar-refractivity contribution in [1.82, 2.24) is 4.90 Å². The van der Waals surface area contributed by atoms with E-state index < -0.39 is 0 Å². The predicted molar refractivity (Wildman–Crippen MR) is 78.9 cm³/mol. The van der Waals surface area contributed by atoms with E-state index in [1.165, 1.54) is 19.4 Å². The molecule has 1 saturated heterocycles. The molecule has 2 heterocycles. The number of rotatable bonds is 3. The molecule has 2 aliphatic rings. The molecule has 0 saturated carbocycles. The van der Waals surface area contributed by atoms with E-state index in [0.717, 1.165) is 43.5 Å². The van der Waals surface area contributed by atoms with Gasteiger partial charge in [0.05, 0.1) is 5.56 Å². The molecule has 0 N–H and O–H groups in total. The zero-order valence-electron chi connectivity index (χ0n) is 12.2. The zero-order valence-corrected chi connectivity index (χ0v) is 12.2. The monoisotopic (exact) mass is 273 g/mol. The molecule has 0 aromatic heterocycles. The van der Waals surface area contributed by atoms with Gasteiger partial charge in [-0.3, -0.25) is 0 Å². The summed E-state index contributed by atoms with van der Waals surface area (Å²) in [5.41, 5.74) is 1.67. The van der Waals surface area contributed by atoms with Gasteiger partial charge in [0.25, 0.3) is 0 Å². The summed E-state index contributed by atoms with van der Waals surface area (Å²) in [6.45, 7) is 5.51. The molecule has 3 heteroatoms. The molecule has 0 amide bonds. The molecule has 0 radical (unpaired) electrons. The van der Waals surface area contributed by atoms with Gasteiger partial charge < -0.3 is 9.64 Å². The molecule has 0 bridgehead atoms. The van der Waals surface area contributed by atoms with Crippen molar-refractivity contribution in [3.8, 4) is 0 Å². The number of likely N-dealkylation sites (tertiary alicyclic amines) is 1. The molecular formula is C17H23NO2. The Hall–Kier alpha value is -1.35. The molecule has 1 fully saturated rings. The van der Waals surface area contributed by atoms with E-state index in [1.54, 1.807) is 0 Å². The van der Waals surface area contributed by atoms with Crippen molar-refractivity contribution in [2.75, 3.05) is 19.6 Å². The Bertz CT molecular complexity index is 490. The summed E-state index contributed by atoms with van der Waals surface area (Å²) in [6.07, 6.45) is 5.32. The Morgan fingerprint density at radius 1 is 1.25 bits per heavy atom. The SMILES string of the molecule is CCCCN1CCC2(CC1)Cc1ccccc1C(=O)O2. The number of benzene rings is 1. The van der Waals surface area contributed by atoms with Crippen LogP contribution in [0, 0.1) is 0 Å². The molecule has 0 unspecified atom stereocenters. The number of fused-ring (bicyclic) bond motifs is 1. The highest BCUT2D eigenvalue weighted by atomic mass is 16.6. The number of hydrogen-bond donors (Lipinski definition) is 0. The van der Waals surface area contributed by atoms with E-state index in [2.05, 4.69) is 17.9 Å². The lowest BCUT2D eigenvalue weighted by molar-refractivity contribution is -0.0565. The lowest BCUT2D eigenvalue weighted by Gasteiger charge is -2.43. The fraction of sp³-hybridized carbons (Fsp3) is 0.588. The minimum absolute atomic E-state index is 0.131. The minimum Gasteiger partial charge on any atom is -0.455 e. The van der Waals surface area contributed by atoms with E-state index in [0.29, 0.717) is 0 Å². The zero-order chi connectivity index (χ0) is 14.0. The second-order valence-corrected chi connectivity index (χ2v) is 6.10. The van der Waals surface area contributed by atoms with Crippen molar-refractivity contribution in [2.24, 2.45) is 0 Å². The first-order valence-corrected chi connectivity index (χ1v) is 7.76. The number of piperidine rings is 1. The Labute approximate surface area is 120 Å². The molecule has 20 heavy (non-hydrogen) atoms. The number of nitrogens with zero attached hydrogens (tertiary/aromatic N) is 1. The van der Waals surface area contributed by atoms with Crippen molar-refractivity contribution in [3.63, 3.8) is 0 Å². The van der Waals surface area contributed by atoms with E-state index in [1.807, 2.05) is 18.2 Å². The van der Waals surface area contributed by atoms with Crippen molar-refractivity contribution >= 4 is 5.97 Å². The van der Waals surface area contributed by atoms with E-state index in [4.69, 9.17) is 4.74 Å². The van der Waals surface area contributed by atoms with E-state index in [9.17, 15) is 4.79 Å². The summed E-state index contributed by atoms with van der Waals surface area (Å²) >= 11 is 0. The summed E-state index contributed by atoms with van der Waals surface area (Å²) in [5, 5.41) is 0. The Balaban J connectivity index is 1.69. The van der Waals surface area contributed by atoms with Crippen molar-refractivity contribution in [2.45, 2.75) is 44.6 Å². The van der Waals surface area contributed by atoms with Crippen LogP contribution in [0.25, 0.3) is 0 Å². The van der Waals surface area contributed by atoms with Crippen LogP contribution in [0.5, 0.6) is 0 Å². The molecule has 0 atom stereocenters. The summed E-state index contributed by atoms with van der Waals surface area (Å²) in [4.78, 5) is 14.7. The van der Waals surface area contributed by atoms with Gasteiger partial charge in [0.15, 0.2) is 0 Å². The largest absolute Gasteiger partial charge is 0.455 e. The van der Waals surface area contributed by atoms with Gasteiger partial charge in [-0.05, 0) is 24.6 Å². The second-order valence-electron chi connectivity index (χ2n) is 6.10. The first-order chi connectivity index (χ1) is 9.72. The lowest BCUT2D eigenvalue weighted by atomic mass is 9.81. The smallest absolute Gasteiger partial charge is 0.338 e. The van der Waals surface area contributed by atoms with Gasteiger partial charge >= 0.3 is 5.97 Å². The summed E-state index contributed by atoms with van der Waals surface area (Å²) in [5.74, 6) is -0.131. The maximum Gasteiger partial charge on any atom is 0.338 e. The molecule has 1 aromatic carbocycles. The van der Waals surface area contributed by atoms with Crippen LogP contribution >= 0.6 is 0 Å². The Morgan fingerprint density at radius 3 is 2.75 bits per heavy atom. The standard InChI is InChI=1S/C17H23NO2/c1-2-3-10-18-11-8-17(9-12-18)13-14-6-4-5-7-15(14)16(19)20-17/h4-7H,2-3,8-13H2,1H3. The highest BCUT2D eigenvalue weighted by Crippen LogP contribution is 2.36. The lowest BCUT2D eigenvalue weighted by Crippen LogP contribution is -2.50. The number of carbonyl (C=O) groups is 1. The number of unbranched alkanes of at least 4 members (excludes halogenated alkanes) is 1. The fourth-order valence-electron chi connectivity index (χ4n) is 3.35. The van der Waals surface area contributed by atoms with Crippen LogP contribution in [0.4, 0.5) is 0 Å². The third-order valence-corrected chi connectivity index (χ3v) is 4.65. The van der Waals surface area contributed by atoms with Gasteiger partial charge in [-0.2, -0.15) is 0 Å². The molecule has 1 spiro atoms. The van der Waals surface area contributed by atoms with Gasteiger partial charge in [0.1, 0.15) is 5.60 Å². The molecule has 1 aromatic rings. The third kappa shape index (κ3) is 2.59. The predicted octanol–water partition coefficient (Wildman–Crippen LogP) is 3.03. The first-order valence-electron chi connectivity index (χ1n) is 7.76. The summed E-state index contributed by atoms with van der Waals surface area (Å²) < 4.78 is 5.83. The Morgan fingerprint density at radius 2 is 2.00 bits per heavy atom. The molecule has 3 nitrogen and oxygen atoms in total. The minimum atomic E-state index is -0.242. The van der Waals surface area contributed by atoms with Crippen LogP contribution in [0.3, 0.4) is 0 Å². The average Bonchev–Trinajstić information content (AvgIpc) is 2.47. The number of hydrogen-bond acceptors (Lipinski definition) is 3. The van der Waals surface area contributed by atoms with Crippen LogP contribution < -0.4 is 0 Å². The Kier molecular flexibility index (Phi) is 3.79. The summed E-state index contributed by atoms with van der Waals surface area (Å²) in [6, 6.07) is 7.87. The van der Waals surface area contributed by atoms with Crippen molar-refractivity contribution < 1.29 is 9.53 Å². The number of ether oxygens (including phenoxy) is 1. The second kappa shape index (κ2) is 5.57. The van der Waals surface area contributed by atoms with Crippen LogP contribution in [-0.2, 0) is 11.2 Å². The molecule has 0 aliphatic carbocycles. The van der Waals surface area contributed by atoms with Crippen molar-refractivity contribution in [1.29, 1.82) is 0 Å². The quantitative estimate of drug-likeness (QED) is 0.793. The maximum atomic E-state index is 12.2. The molecular weight excluding hydrogens is 250 g/mol. The first kappa shape index (κ1) is 13.6. The van der Waals surface area contributed by atoms with Gasteiger partial charge in [0.2, 0.25) is 0 Å². The number of esters is 1. The summed E-state index contributed by atoms with van der Waals surface area (Å²) in [7, 11) is 0. The van der Waals surface area contributed by atoms with Crippen LogP contribution in [-0.4, -0.2) is 36.1 Å². The van der Waals surface area contributed by atoms with Gasteiger partial charge in [-0.1, -0.05) is 31.5 Å². The third-order valence-electron chi connectivity index (χ3n) is 4.65. The number of carbonyl (C=O) groups excluding carboxylic acids is 1. The van der Waals surface area contributed by atoms with Crippen LogP contribution in [0.15, 0.2) is 24.3 Å². The fourth-order valence-corrected chi connectivity index (χ4v) is 3.35. The maximum absolute atomic E-state index is 12.2. The van der Waals surface area contributed by atoms with Gasteiger partial charge in [0, 0.05) is 32.4 Å². The highest BCUT2D eigenvalue weighted by Gasteiger charge is 2.42. The van der Waals surface area contributed by atoms with E-state index in [-0.39, 0.29) is 11.6 Å². The van der Waals surface area contributed by atoms with Gasteiger partial charge in [-0.25, -0.2) is 4.79 Å². The van der Waals surface area contributed by atoms with Crippen LogP contribution in [0.1, 0.15) is 48.5 Å². The topological polar surface area (TPSA) is 29.5 Å².